The van der Waals surface area contributed by atoms with Crippen LogP contribution in [0.1, 0.15) is 5.76 Å². The maximum atomic E-state index is 12.5. The monoisotopic (exact) mass is 442 g/mol. The van der Waals surface area contributed by atoms with Gasteiger partial charge in [-0.05, 0) is 29.8 Å². The van der Waals surface area contributed by atoms with Gasteiger partial charge in [-0.25, -0.2) is 4.98 Å². The highest BCUT2D eigenvalue weighted by atomic mass is 32.1. The molecule has 2 heterocycles. The number of anilines is 1. The van der Waals surface area contributed by atoms with Crippen LogP contribution in [0.25, 0.3) is 27.8 Å². The van der Waals surface area contributed by atoms with E-state index in [4.69, 9.17) is 4.42 Å². The Bertz CT molecular complexity index is 1350. The molecule has 0 atom stereocenters. The largest absolute Gasteiger partial charge is 0.457 e. The van der Waals surface area contributed by atoms with Gasteiger partial charge >= 0.3 is 0 Å². The predicted molar refractivity (Wildman–Crippen MR) is 121 cm³/mol. The van der Waals surface area contributed by atoms with Gasteiger partial charge in [0, 0.05) is 30.0 Å². The molecule has 0 unspecified atom stereocenters. The van der Waals surface area contributed by atoms with Gasteiger partial charge in [-0.15, -0.1) is 0 Å². The van der Waals surface area contributed by atoms with E-state index in [2.05, 4.69) is 10.3 Å². The molecule has 9 heteroatoms. The molecular weight excluding hydrogens is 428 g/mol. The summed E-state index contributed by atoms with van der Waals surface area (Å²) < 4.78 is 5.72. The van der Waals surface area contributed by atoms with Crippen LogP contribution in [0.2, 0.25) is 0 Å². The molecule has 4 aromatic rings. The molecule has 0 saturated carbocycles. The third-order valence-electron chi connectivity index (χ3n) is 4.43. The Kier molecular flexibility index (Phi) is 5.87. The Hall–Kier alpha value is -4.55. The molecule has 0 bridgehead atoms. The first-order chi connectivity index (χ1) is 15.5. The highest BCUT2D eigenvalue weighted by molar-refractivity contribution is 7.19. The summed E-state index contributed by atoms with van der Waals surface area (Å²) in [5.74, 6) is 0.387. The number of non-ortho nitro benzene ring substituents is 1. The Morgan fingerprint density at radius 1 is 1.09 bits per heavy atom. The number of amides is 1. The highest BCUT2D eigenvalue weighted by Gasteiger charge is 2.14. The molecule has 0 radical (unpaired) electrons. The number of thiazole rings is 1. The van der Waals surface area contributed by atoms with Crippen LogP contribution in [0, 0.1) is 21.4 Å². The number of carbonyl (C=O) groups is 1. The number of benzene rings is 2. The second-order valence-corrected chi connectivity index (χ2v) is 7.56. The summed E-state index contributed by atoms with van der Waals surface area (Å²) in [6.07, 6.45) is 2.92. The minimum absolute atomic E-state index is 0.0102. The second kappa shape index (κ2) is 9.07. The summed E-state index contributed by atoms with van der Waals surface area (Å²) in [6.45, 7) is 0. The molecule has 1 N–H and O–H groups in total. The number of carbonyl (C=O) groups excluding carboxylic acids is 1. The fourth-order valence-electron chi connectivity index (χ4n) is 2.86. The van der Waals surface area contributed by atoms with Crippen molar-refractivity contribution in [3.8, 4) is 27.8 Å². The number of hydrogen-bond donors (Lipinski definition) is 1. The van der Waals surface area contributed by atoms with Gasteiger partial charge in [-0.3, -0.25) is 20.2 Å². The Labute approximate surface area is 186 Å². The summed E-state index contributed by atoms with van der Waals surface area (Å²) in [7, 11) is 0. The predicted octanol–water partition coefficient (Wildman–Crippen LogP) is 5.52. The van der Waals surface area contributed by atoms with E-state index in [0.717, 1.165) is 16.0 Å². The number of hydrogen-bond acceptors (Lipinski definition) is 7. The van der Waals surface area contributed by atoms with Gasteiger partial charge in [0.05, 0.1) is 9.80 Å². The van der Waals surface area contributed by atoms with Gasteiger partial charge in [-0.2, -0.15) is 5.26 Å². The fourth-order valence-corrected chi connectivity index (χ4v) is 3.67. The van der Waals surface area contributed by atoms with E-state index in [9.17, 15) is 20.2 Å². The van der Waals surface area contributed by atoms with Crippen LogP contribution in [0.5, 0.6) is 0 Å². The molecule has 8 nitrogen and oxygen atoms in total. The summed E-state index contributed by atoms with van der Waals surface area (Å²) in [5, 5.41) is 23.1. The van der Waals surface area contributed by atoms with Crippen LogP contribution in [-0.2, 0) is 4.79 Å². The molecule has 0 aliphatic carbocycles. The minimum atomic E-state index is -0.616. The first-order valence-corrected chi connectivity index (χ1v) is 10.1. The molecule has 0 spiro atoms. The first kappa shape index (κ1) is 20.7. The van der Waals surface area contributed by atoms with E-state index in [0.29, 0.717) is 16.7 Å². The van der Waals surface area contributed by atoms with Gasteiger partial charge in [0.2, 0.25) is 0 Å². The minimum Gasteiger partial charge on any atom is -0.457 e. The lowest BCUT2D eigenvalue weighted by Gasteiger charge is -1.99. The molecule has 0 aliphatic rings. The second-order valence-electron chi connectivity index (χ2n) is 6.53. The number of nitrogens with zero attached hydrogens (tertiary/aromatic N) is 3. The maximum Gasteiger partial charge on any atom is 0.269 e. The fraction of sp³-hybridized carbons (Fsp3) is 0. The summed E-state index contributed by atoms with van der Waals surface area (Å²) in [5.41, 5.74) is 1.47. The van der Waals surface area contributed by atoms with Gasteiger partial charge in [0.15, 0.2) is 5.13 Å². The van der Waals surface area contributed by atoms with Gasteiger partial charge in [0.1, 0.15) is 23.2 Å². The Morgan fingerprint density at radius 2 is 1.84 bits per heavy atom. The number of furan rings is 1. The highest BCUT2D eigenvalue weighted by Crippen LogP contribution is 2.30. The number of nitriles is 1. The first-order valence-electron chi connectivity index (χ1n) is 9.32. The lowest BCUT2D eigenvalue weighted by atomic mass is 10.2. The quantitative estimate of drug-likeness (QED) is 0.181. The number of aromatic nitrogens is 1. The van der Waals surface area contributed by atoms with Crippen LogP contribution in [0.4, 0.5) is 10.8 Å². The molecule has 0 aliphatic heterocycles. The summed E-state index contributed by atoms with van der Waals surface area (Å²) in [6, 6.07) is 20.8. The maximum absolute atomic E-state index is 12.5. The standard InChI is InChI=1S/C23H14N4O4S/c24-13-17(12-19-10-11-20(31-19)15-4-2-1-3-5-15)22(28)26-23-25-14-21(32-23)16-6-8-18(9-7-16)27(29)30/h1-12,14H,(H,25,26,28). The number of nitrogens with one attached hydrogen (secondary N) is 1. The molecule has 0 fully saturated rings. The molecule has 2 aromatic heterocycles. The van der Waals surface area contributed by atoms with Crippen molar-refractivity contribution in [3.05, 3.63) is 94.4 Å². The SMILES string of the molecule is N#CC(=Cc1ccc(-c2ccccc2)o1)C(=O)Nc1ncc(-c2ccc([N+](=O)[O-])cc2)s1. The van der Waals surface area contributed by atoms with Crippen LogP contribution in [-0.4, -0.2) is 15.8 Å². The molecule has 4 rings (SSSR count). The van der Waals surface area contributed by atoms with Gasteiger partial charge in [0.25, 0.3) is 11.6 Å². The van der Waals surface area contributed by atoms with E-state index in [1.54, 1.807) is 30.5 Å². The Morgan fingerprint density at radius 3 is 2.53 bits per heavy atom. The third-order valence-corrected chi connectivity index (χ3v) is 5.39. The van der Waals surface area contributed by atoms with E-state index < -0.39 is 10.8 Å². The molecule has 156 valence electrons. The number of nitro benzene ring substituents is 1. The van der Waals surface area contributed by atoms with Crippen LogP contribution < -0.4 is 5.32 Å². The van der Waals surface area contributed by atoms with E-state index in [-0.39, 0.29) is 11.3 Å². The van der Waals surface area contributed by atoms with Crippen molar-refractivity contribution in [3.63, 3.8) is 0 Å². The van der Waals surface area contributed by atoms with Crippen molar-refractivity contribution >= 4 is 34.1 Å². The summed E-state index contributed by atoms with van der Waals surface area (Å²) in [4.78, 5) is 27.7. The van der Waals surface area contributed by atoms with Crippen LogP contribution in [0.3, 0.4) is 0 Å². The lowest BCUT2D eigenvalue weighted by Crippen LogP contribution is -2.13. The average Bonchev–Trinajstić information content (AvgIpc) is 3.48. The van der Waals surface area contributed by atoms with Crippen molar-refractivity contribution in [1.82, 2.24) is 4.98 Å². The molecular formula is C23H14N4O4S. The van der Waals surface area contributed by atoms with E-state index in [1.807, 2.05) is 36.4 Å². The van der Waals surface area contributed by atoms with Crippen molar-refractivity contribution < 1.29 is 14.1 Å². The van der Waals surface area contributed by atoms with Gasteiger partial charge < -0.3 is 4.42 Å². The van der Waals surface area contributed by atoms with E-state index in [1.165, 1.54) is 29.5 Å². The normalized spacial score (nSPS) is 11.0. The summed E-state index contributed by atoms with van der Waals surface area (Å²) >= 11 is 1.19. The smallest absolute Gasteiger partial charge is 0.269 e. The van der Waals surface area contributed by atoms with Crippen molar-refractivity contribution in [1.29, 1.82) is 5.26 Å². The topological polar surface area (TPSA) is 122 Å². The molecule has 2 aromatic carbocycles. The molecule has 0 saturated heterocycles. The molecule has 32 heavy (non-hydrogen) atoms. The number of nitro groups is 1. The molecule has 1 amide bonds. The van der Waals surface area contributed by atoms with Gasteiger partial charge in [-0.1, -0.05) is 41.7 Å². The van der Waals surface area contributed by atoms with Crippen LogP contribution >= 0.6 is 11.3 Å². The zero-order valence-corrected chi connectivity index (χ0v) is 17.2. The van der Waals surface area contributed by atoms with E-state index >= 15 is 0 Å². The lowest BCUT2D eigenvalue weighted by molar-refractivity contribution is -0.384. The Balaban J connectivity index is 1.48. The third kappa shape index (κ3) is 4.61. The van der Waals surface area contributed by atoms with Crippen molar-refractivity contribution in [2.75, 3.05) is 5.32 Å². The van der Waals surface area contributed by atoms with Crippen molar-refractivity contribution in [2.24, 2.45) is 0 Å². The van der Waals surface area contributed by atoms with Crippen LogP contribution in [0.15, 0.2) is 82.9 Å². The average molecular weight is 442 g/mol. The number of rotatable bonds is 6. The zero-order chi connectivity index (χ0) is 22.5. The van der Waals surface area contributed by atoms with Crippen molar-refractivity contribution in [2.45, 2.75) is 0 Å². The zero-order valence-electron chi connectivity index (χ0n) is 16.4.